The van der Waals surface area contributed by atoms with E-state index in [0.717, 1.165) is 35.8 Å². The Balaban J connectivity index is 1.69. The Morgan fingerprint density at radius 2 is 2.00 bits per heavy atom. The van der Waals surface area contributed by atoms with Crippen molar-refractivity contribution in [3.63, 3.8) is 0 Å². The lowest BCUT2D eigenvalue weighted by molar-refractivity contribution is 0.453. The molecule has 1 aromatic rings. The maximum Gasteiger partial charge on any atom is 0.194 e. The minimum Gasteiger partial charge on any atom is -0.354 e. The maximum atomic E-state index is 11.7. The van der Waals surface area contributed by atoms with Crippen LogP contribution in [-0.2, 0) is 16.4 Å². The van der Waals surface area contributed by atoms with Gasteiger partial charge in [0.15, 0.2) is 15.8 Å². The number of halogens is 1. The molecular formula is C19H28ClN3O2S. The Morgan fingerprint density at radius 1 is 1.27 bits per heavy atom. The van der Waals surface area contributed by atoms with Crippen LogP contribution in [0, 0.1) is 5.92 Å². The zero-order valence-electron chi connectivity index (χ0n) is 15.3. The largest absolute Gasteiger partial charge is 0.354 e. The number of hydrogen-bond donors (Lipinski definition) is 1. The molecule has 2 aliphatic rings. The monoisotopic (exact) mass is 397 g/mol. The molecule has 1 unspecified atom stereocenters. The van der Waals surface area contributed by atoms with Crippen LogP contribution in [0.25, 0.3) is 0 Å². The summed E-state index contributed by atoms with van der Waals surface area (Å²) in [6.45, 7) is 1.22. The van der Waals surface area contributed by atoms with Crippen molar-refractivity contribution in [2.45, 2.75) is 44.7 Å². The molecule has 7 heteroatoms. The molecule has 0 amide bonds. The fraction of sp³-hybridized carbons (Fsp3) is 0.632. The van der Waals surface area contributed by atoms with E-state index in [2.05, 4.69) is 10.2 Å². The molecular weight excluding hydrogens is 370 g/mol. The molecule has 0 aromatic heterocycles. The van der Waals surface area contributed by atoms with Crippen LogP contribution >= 0.6 is 11.6 Å². The quantitative estimate of drug-likeness (QED) is 0.612. The number of sulfone groups is 1. The predicted molar refractivity (Wildman–Crippen MR) is 107 cm³/mol. The summed E-state index contributed by atoms with van der Waals surface area (Å²) in [6, 6.07) is 8.29. The molecule has 0 bridgehead atoms. The van der Waals surface area contributed by atoms with Crippen molar-refractivity contribution in [3.8, 4) is 0 Å². The third-order valence-corrected chi connectivity index (χ3v) is 7.45. The summed E-state index contributed by atoms with van der Waals surface area (Å²) >= 11 is 6.30. The van der Waals surface area contributed by atoms with Gasteiger partial charge in [0.1, 0.15) is 0 Å². The number of aliphatic imine (C=N–C) groups is 1. The van der Waals surface area contributed by atoms with E-state index in [1.807, 2.05) is 31.3 Å². The summed E-state index contributed by atoms with van der Waals surface area (Å²) in [5.41, 5.74) is 1.06. The van der Waals surface area contributed by atoms with Gasteiger partial charge in [-0.15, -0.1) is 0 Å². The Bertz CT molecular complexity index is 745. The summed E-state index contributed by atoms with van der Waals surface area (Å²) in [7, 11) is -0.851. The van der Waals surface area contributed by atoms with Gasteiger partial charge in [0, 0.05) is 31.2 Å². The fourth-order valence-electron chi connectivity index (χ4n) is 3.72. The van der Waals surface area contributed by atoms with Crippen molar-refractivity contribution in [2.75, 3.05) is 25.1 Å². The van der Waals surface area contributed by atoms with Gasteiger partial charge in [0.25, 0.3) is 0 Å². The number of hydrogen-bond acceptors (Lipinski definition) is 3. The van der Waals surface area contributed by atoms with Crippen LogP contribution in [-0.4, -0.2) is 50.4 Å². The molecule has 1 aliphatic heterocycles. The van der Waals surface area contributed by atoms with E-state index >= 15 is 0 Å². The molecule has 5 nitrogen and oxygen atoms in total. The average Bonchev–Trinajstić information content (AvgIpc) is 3.22. The highest BCUT2D eigenvalue weighted by Gasteiger charge is 2.28. The summed E-state index contributed by atoms with van der Waals surface area (Å²) in [4.78, 5) is 6.87. The van der Waals surface area contributed by atoms with E-state index in [4.69, 9.17) is 16.6 Å². The molecule has 0 spiro atoms. The summed E-state index contributed by atoms with van der Waals surface area (Å²) in [5.74, 6) is 1.55. The molecule has 1 aromatic carbocycles. The maximum absolute atomic E-state index is 11.7. The molecule has 1 saturated heterocycles. The first-order valence-electron chi connectivity index (χ1n) is 9.39. The molecule has 1 saturated carbocycles. The normalized spacial score (nSPS) is 23.3. The SMILES string of the molecule is CN(Cc1ccccc1Cl)C(=NCC1CCS(=O)(=O)C1)NC1CCCC1. The predicted octanol–water partition coefficient (Wildman–Crippen LogP) is 3.09. The van der Waals surface area contributed by atoms with Gasteiger partial charge in [-0.2, -0.15) is 0 Å². The zero-order valence-corrected chi connectivity index (χ0v) is 16.9. The lowest BCUT2D eigenvalue weighted by Crippen LogP contribution is -2.43. The molecule has 1 aliphatic carbocycles. The summed E-state index contributed by atoms with van der Waals surface area (Å²) < 4.78 is 23.4. The first-order chi connectivity index (χ1) is 12.4. The van der Waals surface area contributed by atoms with Gasteiger partial charge in [-0.1, -0.05) is 42.6 Å². The number of guanidine groups is 1. The Kier molecular flexibility index (Phi) is 6.46. The van der Waals surface area contributed by atoms with Crippen LogP contribution in [0.3, 0.4) is 0 Å². The average molecular weight is 398 g/mol. The fourth-order valence-corrected chi connectivity index (χ4v) is 5.76. The van der Waals surface area contributed by atoms with Gasteiger partial charge in [-0.25, -0.2) is 8.42 Å². The lowest BCUT2D eigenvalue weighted by atomic mass is 10.1. The smallest absolute Gasteiger partial charge is 0.194 e. The molecule has 1 heterocycles. The molecule has 1 N–H and O–H groups in total. The van der Waals surface area contributed by atoms with Crippen LogP contribution in [0.1, 0.15) is 37.7 Å². The minimum atomic E-state index is -2.86. The van der Waals surface area contributed by atoms with Gasteiger partial charge < -0.3 is 10.2 Å². The number of benzene rings is 1. The van der Waals surface area contributed by atoms with Crippen LogP contribution in [0.4, 0.5) is 0 Å². The van der Waals surface area contributed by atoms with E-state index in [0.29, 0.717) is 24.9 Å². The van der Waals surface area contributed by atoms with Crippen molar-refractivity contribution in [1.29, 1.82) is 0 Å². The summed E-state index contributed by atoms with van der Waals surface area (Å²) in [5, 5.41) is 4.33. The van der Waals surface area contributed by atoms with Crippen LogP contribution in [0.2, 0.25) is 5.02 Å². The Morgan fingerprint density at radius 3 is 2.65 bits per heavy atom. The van der Waals surface area contributed by atoms with Gasteiger partial charge in [-0.05, 0) is 36.8 Å². The van der Waals surface area contributed by atoms with E-state index in [1.54, 1.807) is 0 Å². The van der Waals surface area contributed by atoms with Crippen LogP contribution in [0.5, 0.6) is 0 Å². The first kappa shape index (κ1) is 19.5. The second-order valence-corrected chi connectivity index (χ2v) is 10.1. The lowest BCUT2D eigenvalue weighted by Gasteiger charge is -2.26. The highest BCUT2D eigenvalue weighted by Crippen LogP contribution is 2.21. The first-order valence-corrected chi connectivity index (χ1v) is 11.6. The van der Waals surface area contributed by atoms with Crippen molar-refractivity contribution in [2.24, 2.45) is 10.9 Å². The van der Waals surface area contributed by atoms with E-state index < -0.39 is 9.84 Å². The Hall–Kier alpha value is -1.27. The van der Waals surface area contributed by atoms with Gasteiger partial charge in [0.05, 0.1) is 11.5 Å². The standard InChI is InChI=1S/C19H28ClN3O2S/c1-23(13-16-6-2-5-9-18(16)20)19(22-17-7-3-4-8-17)21-12-15-10-11-26(24,25)14-15/h2,5-6,9,15,17H,3-4,7-8,10-14H2,1H3,(H,21,22). The molecule has 0 radical (unpaired) electrons. The van der Waals surface area contributed by atoms with Gasteiger partial charge in [0.2, 0.25) is 0 Å². The minimum absolute atomic E-state index is 0.133. The second-order valence-electron chi connectivity index (χ2n) is 7.51. The molecule has 3 rings (SSSR count). The van der Waals surface area contributed by atoms with Gasteiger partial charge >= 0.3 is 0 Å². The van der Waals surface area contributed by atoms with Crippen molar-refractivity contribution < 1.29 is 8.42 Å². The zero-order chi connectivity index (χ0) is 18.6. The van der Waals surface area contributed by atoms with Crippen LogP contribution in [0.15, 0.2) is 29.3 Å². The number of rotatable bonds is 5. The molecule has 1 atom stereocenters. The van der Waals surface area contributed by atoms with E-state index in [-0.39, 0.29) is 11.7 Å². The molecule has 2 fully saturated rings. The number of nitrogens with zero attached hydrogens (tertiary/aromatic N) is 2. The second kappa shape index (κ2) is 8.61. The topological polar surface area (TPSA) is 61.8 Å². The van der Waals surface area contributed by atoms with E-state index in [1.165, 1.54) is 12.8 Å². The third-order valence-electron chi connectivity index (χ3n) is 5.24. The number of nitrogens with one attached hydrogen (secondary N) is 1. The molecule has 26 heavy (non-hydrogen) atoms. The highest BCUT2D eigenvalue weighted by molar-refractivity contribution is 7.91. The van der Waals surface area contributed by atoms with Crippen LogP contribution < -0.4 is 5.32 Å². The molecule has 144 valence electrons. The third kappa shape index (κ3) is 5.36. The Labute approximate surface area is 161 Å². The summed E-state index contributed by atoms with van der Waals surface area (Å²) in [6.07, 6.45) is 5.55. The van der Waals surface area contributed by atoms with E-state index in [9.17, 15) is 8.42 Å². The highest BCUT2D eigenvalue weighted by atomic mass is 35.5. The van der Waals surface area contributed by atoms with Crippen molar-refractivity contribution >= 4 is 27.4 Å². The van der Waals surface area contributed by atoms with Gasteiger partial charge in [-0.3, -0.25) is 4.99 Å². The van der Waals surface area contributed by atoms with Crippen molar-refractivity contribution in [3.05, 3.63) is 34.9 Å². The van der Waals surface area contributed by atoms with Crippen molar-refractivity contribution in [1.82, 2.24) is 10.2 Å².